The molecule has 0 aliphatic rings. The Morgan fingerprint density at radius 3 is 2.50 bits per heavy atom. The molecule has 96 valence electrons. The highest BCUT2D eigenvalue weighted by molar-refractivity contribution is 5.78. The molecule has 0 aromatic heterocycles. The van der Waals surface area contributed by atoms with Crippen LogP contribution in [0.2, 0.25) is 0 Å². The number of nitrogens with zero attached hydrogens (tertiary/aromatic N) is 1. The lowest BCUT2D eigenvalue weighted by molar-refractivity contribution is -0.130. The molecule has 0 radical (unpaired) electrons. The maximum Gasteiger partial charge on any atom is 0.236 e. The van der Waals surface area contributed by atoms with Crippen LogP contribution in [0.15, 0.2) is 0 Å². The molecule has 1 unspecified atom stereocenters. The fourth-order valence-electron chi connectivity index (χ4n) is 1.58. The van der Waals surface area contributed by atoms with Crippen molar-refractivity contribution in [2.75, 3.05) is 33.9 Å². The Bertz CT molecular complexity index is 195. The molecule has 0 rings (SSSR count). The minimum Gasteiger partial charge on any atom is -0.383 e. The minimum atomic E-state index is 0.143. The molecule has 0 aliphatic heterocycles. The summed E-state index contributed by atoms with van der Waals surface area (Å²) < 4.78 is 4.90. The number of likely N-dealkylation sites (N-methyl/N-ethyl adjacent to an activating group) is 1. The molecule has 0 fully saturated rings. The molecule has 4 nitrogen and oxygen atoms in total. The van der Waals surface area contributed by atoms with Crippen LogP contribution in [0.3, 0.4) is 0 Å². The maximum atomic E-state index is 11.8. The number of rotatable bonds is 8. The lowest BCUT2D eigenvalue weighted by Crippen LogP contribution is -2.41. The van der Waals surface area contributed by atoms with Gasteiger partial charge in [0.25, 0.3) is 0 Å². The van der Waals surface area contributed by atoms with E-state index in [1.54, 1.807) is 7.11 Å². The van der Waals surface area contributed by atoms with E-state index in [1.807, 2.05) is 11.9 Å². The van der Waals surface area contributed by atoms with Crippen molar-refractivity contribution in [2.24, 2.45) is 5.92 Å². The zero-order valence-corrected chi connectivity index (χ0v) is 11.2. The van der Waals surface area contributed by atoms with E-state index in [4.69, 9.17) is 4.74 Å². The Balaban J connectivity index is 3.79. The Labute approximate surface area is 99.3 Å². The summed E-state index contributed by atoms with van der Waals surface area (Å²) in [5.41, 5.74) is 0. The normalized spacial score (nSPS) is 12.9. The van der Waals surface area contributed by atoms with Crippen LogP contribution in [0.1, 0.15) is 27.2 Å². The molecule has 1 amide bonds. The van der Waals surface area contributed by atoms with Gasteiger partial charge in [-0.05, 0) is 19.3 Å². The topological polar surface area (TPSA) is 41.6 Å². The highest BCUT2D eigenvalue weighted by Gasteiger charge is 2.15. The van der Waals surface area contributed by atoms with E-state index in [-0.39, 0.29) is 5.91 Å². The second-order valence-electron chi connectivity index (χ2n) is 4.65. The van der Waals surface area contributed by atoms with Crippen LogP contribution >= 0.6 is 0 Å². The van der Waals surface area contributed by atoms with Gasteiger partial charge in [0.15, 0.2) is 0 Å². The zero-order chi connectivity index (χ0) is 12.6. The molecular formula is C12H26N2O2. The van der Waals surface area contributed by atoms with Crippen molar-refractivity contribution in [1.29, 1.82) is 0 Å². The third-order valence-corrected chi connectivity index (χ3v) is 2.63. The van der Waals surface area contributed by atoms with Crippen LogP contribution in [0.5, 0.6) is 0 Å². The number of hydrogen-bond acceptors (Lipinski definition) is 3. The predicted molar refractivity (Wildman–Crippen MR) is 66.4 cm³/mol. The van der Waals surface area contributed by atoms with E-state index in [0.29, 0.717) is 31.7 Å². The van der Waals surface area contributed by atoms with E-state index in [9.17, 15) is 4.79 Å². The summed E-state index contributed by atoms with van der Waals surface area (Å²) in [6.45, 7) is 8.18. The summed E-state index contributed by atoms with van der Waals surface area (Å²) in [4.78, 5) is 13.6. The molecule has 4 heteroatoms. The van der Waals surface area contributed by atoms with Crippen molar-refractivity contribution in [2.45, 2.75) is 33.2 Å². The number of methoxy groups -OCH3 is 1. The van der Waals surface area contributed by atoms with Crippen molar-refractivity contribution in [3.05, 3.63) is 0 Å². The number of hydrogen-bond donors (Lipinski definition) is 1. The van der Waals surface area contributed by atoms with Crippen LogP contribution in [0, 0.1) is 5.92 Å². The number of ether oxygens (including phenoxy) is 1. The average molecular weight is 230 g/mol. The second-order valence-corrected chi connectivity index (χ2v) is 4.65. The molecular weight excluding hydrogens is 204 g/mol. The highest BCUT2D eigenvalue weighted by Crippen LogP contribution is 2.09. The molecule has 0 heterocycles. The molecule has 0 aromatic carbocycles. The van der Waals surface area contributed by atoms with Crippen LogP contribution in [-0.2, 0) is 9.53 Å². The molecule has 0 bridgehead atoms. The maximum absolute atomic E-state index is 11.8. The van der Waals surface area contributed by atoms with Crippen molar-refractivity contribution in [3.8, 4) is 0 Å². The van der Waals surface area contributed by atoms with Gasteiger partial charge in [0.05, 0.1) is 13.2 Å². The molecule has 16 heavy (non-hydrogen) atoms. The fourth-order valence-corrected chi connectivity index (χ4v) is 1.58. The summed E-state index contributed by atoms with van der Waals surface area (Å²) in [5, 5.41) is 3.06. The summed E-state index contributed by atoms with van der Waals surface area (Å²) in [6.07, 6.45) is 1.04. The second kappa shape index (κ2) is 8.53. The largest absolute Gasteiger partial charge is 0.383 e. The van der Waals surface area contributed by atoms with Crippen molar-refractivity contribution >= 4 is 5.91 Å². The van der Waals surface area contributed by atoms with E-state index >= 15 is 0 Å². The zero-order valence-electron chi connectivity index (χ0n) is 11.2. The molecule has 0 saturated heterocycles. The summed E-state index contributed by atoms with van der Waals surface area (Å²) >= 11 is 0. The first-order chi connectivity index (χ1) is 7.49. The average Bonchev–Trinajstić information content (AvgIpc) is 2.22. The molecule has 0 spiro atoms. The van der Waals surface area contributed by atoms with Gasteiger partial charge in [-0.3, -0.25) is 4.79 Å². The third kappa shape index (κ3) is 6.80. The molecule has 0 aliphatic carbocycles. The molecule has 0 saturated carbocycles. The van der Waals surface area contributed by atoms with Gasteiger partial charge in [-0.15, -0.1) is 0 Å². The van der Waals surface area contributed by atoms with E-state index in [1.165, 1.54) is 0 Å². The van der Waals surface area contributed by atoms with Crippen LogP contribution in [0.25, 0.3) is 0 Å². The molecule has 1 atom stereocenters. The third-order valence-electron chi connectivity index (χ3n) is 2.63. The number of carbonyl (C=O) groups excluding carboxylic acids is 1. The Kier molecular flexibility index (Phi) is 8.21. The van der Waals surface area contributed by atoms with Crippen molar-refractivity contribution in [1.82, 2.24) is 10.2 Å². The first-order valence-corrected chi connectivity index (χ1v) is 5.94. The lowest BCUT2D eigenvalue weighted by atomic mass is 10.0. The van der Waals surface area contributed by atoms with Gasteiger partial charge in [0.1, 0.15) is 0 Å². The SMILES string of the molecule is COCCNCC(=O)N(C)C(C)CC(C)C. The fraction of sp³-hybridized carbons (Fsp3) is 0.917. The molecule has 1 N–H and O–H groups in total. The summed E-state index contributed by atoms with van der Waals surface area (Å²) in [7, 11) is 3.52. The lowest BCUT2D eigenvalue weighted by Gasteiger charge is -2.26. The number of amides is 1. The van der Waals surface area contributed by atoms with E-state index < -0.39 is 0 Å². The van der Waals surface area contributed by atoms with Crippen molar-refractivity contribution < 1.29 is 9.53 Å². The predicted octanol–water partition coefficient (Wildman–Crippen LogP) is 1.12. The Morgan fingerprint density at radius 2 is 2.00 bits per heavy atom. The van der Waals surface area contributed by atoms with Crippen molar-refractivity contribution in [3.63, 3.8) is 0 Å². The Hall–Kier alpha value is -0.610. The highest BCUT2D eigenvalue weighted by atomic mass is 16.5. The van der Waals surface area contributed by atoms with Gasteiger partial charge in [-0.25, -0.2) is 0 Å². The van der Waals surface area contributed by atoms with Gasteiger partial charge in [-0.1, -0.05) is 13.8 Å². The molecule has 0 aromatic rings. The van der Waals surface area contributed by atoms with Crippen LogP contribution in [0.4, 0.5) is 0 Å². The quantitative estimate of drug-likeness (QED) is 0.635. The monoisotopic (exact) mass is 230 g/mol. The van der Waals surface area contributed by atoms with Gasteiger partial charge in [0.2, 0.25) is 5.91 Å². The van der Waals surface area contributed by atoms with Gasteiger partial charge < -0.3 is 15.0 Å². The number of carbonyl (C=O) groups is 1. The summed E-state index contributed by atoms with van der Waals surface area (Å²) in [6, 6.07) is 0.303. The standard InChI is InChI=1S/C12H26N2O2/c1-10(2)8-11(3)14(4)12(15)9-13-6-7-16-5/h10-11,13H,6-9H2,1-5H3. The Morgan fingerprint density at radius 1 is 1.38 bits per heavy atom. The summed E-state index contributed by atoms with van der Waals surface area (Å²) in [5.74, 6) is 0.760. The van der Waals surface area contributed by atoms with E-state index in [2.05, 4.69) is 26.1 Å². The minimum absolute atomic E-state index is 0.143. The van der Waals surface area contributed by atoms with E-state index in [0.717, 1.165) is 6.42 Å². The smallest absolute Gasteiger partial charge is 0.236 e. The van der Waals surface area contributed by atoms with Gasteiger partial charge >= 0.3 is 0 Å². The van der Waals surface area contributed by atoms with Gasteiger partial charge in [-0.2, -0.15) is 0 Å². The van der Waals surface area contributed by atoms with Gasteiger partial charge in [0, 0.05) is 26.7 Å². The first kappa shape index (κ1) is 15.4. The van der Waals surface area contributed by atoms with Crippen LogP contribution < -0.4 is 5.32 Å². The van der Waals surface area contributed by atoms with Crippen LogP contribution in [-0.4, -0.2) is 50.7 Å². The first-order valence-electron chi connectivity index (χ1n) is 5.94. The number of nitrogens with one attached hydrogen (secondary N) is 1.